The Labute approximate surface area is 109 Å². The van der Waals surface area contributed by atoms with Gasteiger partial charge in [-0.2, -0.15) is 0 Å². The van der Waals surface area contributed by atoms with Gasteiger partial charge in [-0.25, -0.2) is 4.79 Å². The van der Waals surface area contributed by atoms with Gasteiger partial charge < -0.3 is 9.84 Å². The lowest BCUT2D eigenvalue weighted by atomic mass is 10.1. The number of carboxylic acid groups (broad SMARTS) is 1. The first kappa shape index (κ1) is 14.7. The van der Waals surface area contributed by atoms with Crippen molar-refractivity contribution in [3.05, 3.63) is 34.9 Å². The minimum absolute atomic E-state index is 0.333. The van der Waals surface area contributed by atoms with E-state index >= 15 is 0 Å². The van der Waals surface area contributed by atoms with Crippen LogP contribution in [0.2, 0.25) is 0 Å². The molecule has 0 aliphatic rings. The van der Waals surface area contributed by atoms with Crippen LogP contribution in [-0.4, -0.2) is 17.7 Å². The maximum absolute atomic E-state index is 10.8. The number of benzene rings is 1. The van der Waals surface area contributed by atoms with E-state index in [-0.39, 0.29) is 0 Å². The van der Waals surface area contributed by atoms with Crippen LogP contribution in [0, 0.1) is 6.92 Å². The molecule has 0 aromatic heterocycles. The van der Waals surface area contributed by atoms with E-state index in [0.29, 0.717) is 12.2 Å². The lowest BCUT2D eigenvalue weighted by Gasteiger charge is -2.08. The van der Waals surface area contributed by atoms with Gasteiger partial charge in [0.05, 0.1) is 12.2 Å². The molecule has 100 valence electrons. The fourth-order valence-electron chi connectivity index (χ4n) is 1.80. The molecule has 0 aliphatic carbocycles. The summed E-state index contributed by atoms with van der Waals surface area (Å²) in [6.45, 7) is 5.45. The first-order valence-electron chi connectivity index (χ1n) is 6.55. The van der Waals surface area contributed by atoms with Crippen molar-refractivity contribution in [1.82, 2.24) is 0 Å². The van der Waals surface area contributed by atoms with E-state index in [9.17, 15) is 4.79 Å². The van der Waals surface area contributed by atoms with Crippen LogP contribution in [0.1, 0.15) is 54.1 Å². The lowest BCUT2D eigenvalue weighted by molar-refractivity contribution is 0.0696. The predicted octanol–water partition coefficient (Wildman–Crippen LogP) is 3.79. The first-order chi connectivity index (χ1) is 8.65. The lowest BCUT2D eigenvalue weighted by Crippen LogP contribution is -2.01. The minimum Gasteiger partial charge on any atom is -0.478 e. The molecule has 1 aromatic carbocycles. The predicted molar refractivity (Wildman–Crippen MR) is 71.9 cm³/mol. The summed E-state index contributed by atoms with van der Waals surface area (Å²) in [6.07, 6.45) is 4.80. The highest BCUT2D eigenvalue weighted by Gasteiger charge is 2.05. The van der Waals surface area contributed by atoms with Crippen molar-refractivity contribution in [1.29, 1.82) is 0 Å². The van der Waals surface area contributed by atoms with Crippen molar-refractivity contribution in [3.8, 4) is 0 Å². The van der Waals surface area contributed by atoms with Crippen LogP contribution in [0.15, 0.2) is 18.2 Å². The zero-order chi connectivity index (χ0) is 13.4. The average molecular weight is 250 g/mol. The SMILES string of the molecule is CCCCCCOCc1ccc(C(=O)O)cc1C. The fourth-order valence-corrected chi connectivity index (χ4v) is 1.80. The summed E-state index contributed by atoms with van der Waals surface area (Å²) >= 11 is 0. The molecule has 3 heteroatoms. The van der Waals surface area contributed by atoms with Crippen LogP contribution >= 0.6 is 0 Å². The highest BCUT2D eigenvalue weighted by atomic mass is 16.5. The molecule has 0 spiro atoms. The molecular weight excluding hydrogens is 228 g/mol. The number of carboxylic acids is 1. The molecular formula is C15H22O3. The van der Waals surface area contributed by atoms with Crippen LogP contribution in [0.3, 0.4) is 0 Å². The minimum atomic E-state index is -0.884. The van der Waals surface area contributed by atoms with Gasteiger partial charge in [0.1, 0.15) is 0 Å². The largest absolute Gasteiger partial charge is 0.478 e. The number of carbonyl (C=O) groups is 1. The van der Waals surface area contributed by atoms with Crippen molar-refractivity contribution in [2.75, 3.05) is 6.61 Å². The maximum atomic E-state index is 10.8. The second-order valence-corrected chi connectivity index (χ2v) is 4.56. The smallest absolute Gasteiger partial charge is 0.335 e. The Morgan fingerprint density at radius 1 is 1.28 bits per heavy atom. The van der Waals surface area contributed by atoms with Gasteiger partial charge in [-0.15, -0.1) is 0 Å². The number of hydrogen-bond acceptors (Lipinski definition) is 2. The molecule has 0 heterocycles. The van der Waals surface area contributed by atoms with E-state index in [0.717, 1.165) is 24.2 Å². The summed E-state index contributed by atoms with van der Waals surface area (Å²) in [6, 6.07) is 5.16. The number of aryl methyl sites for hydroxylation is 1. The molecule has 18 heavy (non-hydrogen) atoms. The molecule has 0 radical (unpaired) electrons. The van der Waals surface area contributed by atoms with Crippen molar-refractivity contribution >= 4 is 5.97 Å². The van der Waals surface area contributed by atoms with Crippen molar-refractivity contribution in [3.63, 3.8) is 0 Å². The van der Waals surface area contributed by atoms with E-state index in [1.807, 2.05) is 13.0 Å². The standard InChI is InChI=1S/C15H22O3/c1-3-4-5-6-9-18-11-14-8-7-13(15(16)17)10-12(14)2/h7-8,10H,3-6,9,11H2,1-2H3,(H,16,17). The Morgan fingerprint density at radius 3 is 2.67 bits per heavy atom. The molecule has 0 saturated heterocycles. The second-order valence-electron chi connectivity index (χ2n) is 4.56. The van der Waals surface area contributed by atoms with E-state index in [2.05, 4.69) is 6.92 Å². The molecule has 0 aliphatic heterocycles. The second kappa shape index (κ2) is 7.88. The Balaban J connectivity index is 2.36. The molecule has 0 bridgehead atoms. The zero-order valence-electron chi connectivity index (χ0n) is 11.2. The van der Waals surface area contributed by atoms with Gasteiger partial charge in [0.2, 0.25) is 0 Å². The molecule has 1 aromatic rings. The average Bonchev–Trinajstić information content (AvgIpc) is 2.35. The molecule has 0 atom stereocenters. The van der Waals surface area contributed by atoms with Crippen LogP contribution in [0.5, 0.6) is 0 Å². The Bertz CT molecular complexity index is 385. The number of ether oxygens (including phenoxy) is 1. The number of rotatable bonds is 8. The third-order valence-electron chi connectivity index (χ3n) is 2.99. The highest BCUT2D eigenvalue weighted by Crippen LogP contribution is 2.13. The van der Waals surface area contributed by atoms with E-state index in [1.54, 1.807) is 12.1 Å². The molecule has 1 rings (SSSR count). The molecule has 3 nitrogen and oxygen atoms in total. The van der Waals surface area contributed by atoms with Gasteiger partial charge in [-0.05, 0) is 36.6 Å². The van der Waals surface area contributed by atoms with Gasteiger partial charge in [0, 0.05) is 6.61 Å². The van der Waals surface area contributed by atoms with Crippen LogP contribution in [-0.2, 0) is 11.3 Å². The quantitative estimate of drug-likeness (QED) is 0.714. The van der Waals surface area contributed by atoms with Gasteiger partial charge in [0.15, 0.2) is 0 Å². The van der Waals surface area contributed by atoms with E-state index < -0.39 is 5.97 Å². The first-order valence-corrected chi connectivity index (χ1v) is 6.55. The summed E-state index contributed by atoms with van der Waals surface area (Å²) < 4.78 is 5.60. The number of unbranched alkanes of at least 4 members (excludes halogenated alkanes) is 3. The van der Waals surface area contributed by atoms with Crippen molar-refractivity contribution in [2.45, 2.75) is 46.1 Å². The third kappa shape index (κ3) is 4.88. The van der Waals surface area contributed by atoms with Gasteiger partial charge in [-0.3, -0.25) is 0 Å². The summed E-state index contributed by atoms with van der Waals surface area (Å²) in [5.74, 6) is -0.884. The molecule has 0 amide bonds. The Kier molecular flexibility index (Phi) is 6.44. The number of aromatic carboxylic acids is 1. The van der Waals surface area contributed by atoms with Gasteiger partial charge in [-0.1, -0.05) is 32.3 Å². The van der Waals surface area contributed by atoms with Crippen molar-refractivity contribution in [2.24, 2.45) is 0 Å². The monoisotopic (exact) mass is 250 g/mol. The Morgan fingerprint density at radius 2 is 2.06 bits per heavy atom. The summed E-state index contributed by atoms with van der Waals surface area (Å²) in [5.41, 5.74) is 2.37. The molecule has 1 N–H and O–H groups in total. The van der Waals surface area contributed by atoms with Gasteiger partial charge >= 0.3 is 5.97 Å². The topological polar surface area (TPSA) is 46.5 Å². The van der Waals surface area contributed by atoms with Crippen molar-refractivity contribution < 1.29 is 14.6 Å². The third-order valence-corrected chi connectivity index (χ3v) is 2.99. The molecule has 0 saturated carbocycles. The van der Waals surface area contributed by atoms with Crippen LogP contribution in [0.4, 0.5) is 0 Å². The summed E-state index contributed by atoms with van der Waals surface area (Å²) in [5, 5.41) is 8.87. The summed E-state index contributed by atoms with van der Waals surface area (Å²) in [4.78, 5) is 10.8. The molecule has 0 fully saturated rings. The molecule has 0 unspecified atom stereocenters. The summed E-state index contributed by atoms with van der Waals surface area (Å²) in [7, 11) is 0. The Hall–Kier alpha value is -1.35. The fraction of sp³-hybridized carbons (Fsp3) is 0.533. The number of hydrogen-bond donors (Lipinski definition) is 1. The van der Waals surface area contributed by atoms with E-state index in [4.69, 9.17) is 9.84 Å². The van der Waals surface area contributed by atoms with Crippen LogP contribution in [0.25, 0.3) is 0 Å². The zero-order valence-corrected chi connectivity index (χ0v) is 11.2. The normalized spacial score (nSPS) is 10.6. The maximum Gasteiger partial charge on any atom is 0.335 e. The van der Waals surface area contributed by atoms with Crippen LogP contribution < -0.4 is 0 Å². The van der Waals surface area contributed by atoms with E-state index in [1.165, 1.54) is 19.3 Å². The van der Waals surface area contributed by atoms with Gasteiger partial charge in [0.25, 0.3) is 0 Å². The highest BCUT2D eigenvalue weighted by molar-refractivity contribution is 5.87.